The number of hydrogen-bond acceptors (Lipinski definition) is 3. The van der Waals surface area contributed by atoms with Crippen LogP contribution in [-0.2, 0) is 0 Å². The van der Waals surface area contributed by atoms with Crippen molar-refractivity contribution in [3.63, 3.8) is 0 Å². The molecule has 0 saturated carbocycles. The van der Waals surface area contributed by atoms with E-state index in [9.17, 15) is 4.79 Å². The van der Waals surface area contributed by atoms with Gasteiger partial charge in [0, 0.05) is 28.6 Å². The van der Waals surface area contributed by atoms with E-state index in [1.54, 1.807) is 18.3 Å². The predicted molar refractivity (Wildman–Crippen MR) is 88.9 cm³/mol. The van der Waals surface area contributed by atoms with Gasteiger partial charge in [0.1, 0.15) is 5.69 Å². The van der Waals surface area contributed by atoms with Crippen molar-refractivity contribution in [3.8, 4) is 0 Å². The lowest BCUT2D eigenvalue weighted by Crippen LogP contribution is -2.24. The lowest BCUT2D eigenvalue weighted by Gasteiger charge is -2.09. The van der Waals surface area contributed by atoms with Gasteiger partial charge in [0.2, 0.25) is 0 Å². The Morgan fingerprint density at radius 2 is 2.10 bits per heavy atom. The average Bonchev–Trinajstić information content (AvgIpc) is 2.49. The Balaban J connectivity index is 2.15. The molecule has 0 unspecified atom stereocenters. The summed E-state index contributed by atoms with van der Waals surface area (Å²) in [5, 5.41) is 5.97. The maximum Gasteiger partial charge on any atom is 0.270 e. The smallest absolute Gasteiger partial charge is 0.270 e. The zero-order valence-corrected chi connectivity index (χ0v) is 13.3. The van der Waals surface area contributed by atoms with Gasteiger partial charge in [-0.1, -0.05) is 22.0 Å². The summed E-state index contributed by atoms with van der Waals surface area (Å²) in [6, 6.07) is 9.52. The Hall–Kier alpha value is -2.14. The van der Waals surface area contributed by atoms with Crippen LogP contribution in [0.1, 0.15) is 16.1 Å². The lowest BCUT2D eigenvalue weighted by atomic mass is 10.2. The number of anilines is 2. The summed E-state index contributed by atoms with van der Waals surface area (Å²) in [4.78, 5) is 15.9. The van der Waals surface area contributed by atoms with Crippen molar-refractivity contribution in [1.82, 2.24) is 10.3 Å². The number of pyridine rings is 1. The van der Waals surface area contributed by atoms with Gasteiger partial charge in [-0.05, 0) is 42.8 Å². The Morgan fingerprint density at radius 1 is 1.33 bits per heavy atom. The molecule has 2 N–H and O–H groups in total. The minimum absolute atomic E-state index is 0.217. The number of aromatic nitrogens is 1. The van der Waals surface area contributed by atoms with E-state index in [0.29, 0.717) is 12.2 Å². The second-order valence-corrected chi connectivity index (χ2v) is 5.37. The fraction of sp³-hybridized carbons (Fsp3) is 0.125. The molecule has 1 aromatic heterocycles. The van der Waals surface area contributed by atoms with Gasteiger partial charge in [-0.15, -0.1) is 6.58 Å². The van der Waals surface area contributed by atoms with Crippen LogP contribution in [0.15, 0.2) is 53.7 Å². The third-order valence-corrected chi connectivity index (χ3v) is 3.74. The van der Waals surface area contributed by atoms with Gasteiger partial charge < -0.3 is 10.6 Å². The van der Waals surface area contributed by atoms with Crippen LogP contribution in [0.5, 0.6) is 0 Å². The van der Waals surface area contributed by atoms with Crippen molar-refractivity contribution in [2.24, 2.45) is 0 Å². The minimum atomic E-state index is -0.217. The standard InChI is InChI=1S/C16H16BrN3O/c1-3-7-19-16(21)15-10-13(6-8-18-15)20-12-4-5-14(17)11(2)9-12/h3-6,8-10H,1,7H2,2H3,(H,18,20)(H,19,21). The van der Waals surface area contributed by atoms with Crippen LogP contribution in [-0.4, -0.2) is 17.4 Å². The number of amides is 1. The summed E-state index contributed by atoms with van der Waals surface area (Å²) in [7, 11) is 0. The quantitative estimate of drug-likeness (QED) is 0.810. The summed E-state index contributed by atoms with van der Waals surface area (Å²) >= 11 is 3.47. The largest absolute Gasteiger partial charge is 0.355 e. The topological polar surface area (TPSA) is 54.0 Å². The molecular formula is C16H16BrN3O. The van der Waals surface area contributed by atoms with Crippen molar-refractivity contribution in [2.45, 2.75) is 6.92 Å². The maximum absolute atomic E-state index is 11.9. The van der Waals surface area contributed by atoms with E-state index in [2.05, 4.69) is 38.1 Å². The molecule has 2 rings (SSSR count). The van der Waals surface area contributed by atoms with Crippen LogP contribution >= 0.6 is 15.9 Å². The Morgan fingerprint density at radius 3 is 2.81 bits per heavy atom. The van der Waals surface area contributed by atoms with Gasteiger partial charge in [-0.25, -0.2) is 0 Å². The summed E-state index contributed by atoms with van der Waals surface area (Å²) in [5.74, 6) is -0.217. The third kappa shape index (κ3) is 4.16. The van der Waals surface area contributed by atoms with Crippen LogP contribution in [0.4, 0.5) is 11.4 Å². The van der Waals surface area contributed by atoms with Crippen LogP contribution in [0.2, 0.25) is 0 Å². The number of nitrogens with zero attached hydrogens (tertiary/aromatic N) is 1. The first-order chi connectivity index (χ1) is 10.1. The van der Waals surface area contributed by atoms with E-state index in [1.165, 1.54) is 0 Å². The van der Waals surface area contributed by atoms with Crippen molar-refractivity contribution >= 4 is 33.2 Å². The van der Waals surface area contributed by atoms with Crippen LogP contribution in [0, 0.1) is 6.92 Å². The number of carbonyl (C=O) groups excluding carboxylic acids is 1. The molecular weight excluding hydrogens is 330 g/mol. The normalized spacial score (nSPS) is 10.0. The van der Waals surface area contributed by atoms with Crippen LogP contribution in [0.3, 0.4) is 0 Å². The fourth-order valence-electron chi connectivity index (χ4n) is 1.78. The molecule has 0 fully saturated rings. The van der Waals surface area contributed by atoms with Gasteiger partial charge >= 0.3 is 0 Å². The summed E-state index contributed by atoms with van der Waals surface area (Å²) in [5.41, 5.74) is 3.28. The maximum atomic E-state index is 11.9. The molecule has 0 aliphatic heterocycles. The van der Waals surface area contributed by atoms with Crippen LogP contribution < -0.4 is 10.6 Å². The molecule has 0 aliphatic carbocycles. The monoisotopic (exact) mass is 345 g/mol. The predicted octanol–water partition coefficient (Wildman–Crippen LogP) is 3.81. The van der Waals surface area contributed by atoms with Gasteiger partial charge in [-0.3, -0.25) is 9.78 Å². The molecule has 108 valence electrons. The minimum Gasteiger partial charge on any atom is -0.355 e. The summed E-state index contributed by atoms with van der Waals surface area (Å²) in [6.07, 6.45) is 3.24. The highest BCUT2D eigenvalue weighted by Gasteiger charge is 2.07. The van der Waals surface area contributed by atoms with Crippen molar-refractivity contribution < 1.29 is 4.79 Å². The molecule has 0 bridgehead atoms. The highest BCUT2D eigenvalue weighted by Crippen LogP contribution is 2.23. The van der Waals surface area contributed by atoms with E-state index < -0.39 is 0 Å². The van der Waals surface area contributed by atoms with Crippen molar-refractivity contribution in [3.05, 3.63) is 64.9 Å². The Bertz CT molecular complexity index is 670. The highest BCUT2D eigenvalue weighted by molar-refractivity contribution is 9.10. The second kappa shape index (κ2) is 7.04. The number of aryl methyl sites for hydroxylation is 1. The van der Waals surface area contributed by atoms with Crippen LogP contribution in [0.25, 0.3) is 0 Å². The van der Waals surface area contributed by atoms with Gasteiger partial charge in [0.25, 0.3) is 5.91 Å². The highest BCUT2D eigenvalue weighted by atomic mass is 79.9. The SMILES string of the molecule is C=CCNC(=O)c1cc(Nc2ccc(Br)c(C)c2)ccn1. The number of hydrogen-bond donors (Lipinski definition) is 2. The first kappa shape index (κ1) is 15.3. The summed E-state index contributed by atoms with van der Waals surface area (Å²) in [6.45, 7) is 6.01. The lowest BCUT2D eigenvalue weighted by molar-refractivity contribution is 0.0953. The molecule has 0 radical (unpaired) electrons. The Labute approximate surface area is 132 Å². The molecule has 0 saturated heterocycles. The van der Waals surface area contributed by atoms with Crippen molar-refractivity contribution in [2.75, 3.05) is 11.9 Å². The molecule has 1 amide bonds. The van der Waals surface area contributed by atoms with Gasteiger partial charge in [0.05, 0.1) is 0 Å². The molecule has 2 aromatic rings. The molecule has 0 aliphatic rings. The Kier molecular flexibility index (Phi) is 5.11. The summed E-state index contributed by atoms with van der Waals surface area (Å²) < 4.78 is 1.06. The van der Waals surface area contributed by atoms with Crippen molar-refractivity contribution in [1.29, 1.82) is 0 Å². The molecule has 5 heteroatoms. The van der Waals surface area contributed by atoms with E-state index in [4.69, 9.17) is 0 Å². The number of rotatable bonds is 5. The molecule has 1 aromatic carbocycles. The average molecular weight is 346 g/mol. The molecule has 0 spiro atoms. The second-order valence-electron chi connectivity index (χ2n) is 4.52. The van der Waals surface area contributed by atoms with E-state index >= 15 is 0 Å². The number of carbonyl (C=O) groups is 1. The zero-order chi connectivity index (χ0) is 15.2. The third-order valence-electron chi connectivity index (χ3n) is 2.85. The number of nitrogens with one attached hydrogen (secondary N) is 2. The van der Waals surface area contributed by atoms with E-state index in [1.807, 2.05) is 31.2 Å². The first-order valence-electron chi connectivity index (χ1n) is 6.48. The molecule has 0 atom stereocenters. The molecule has 1 heterocycles. The number of halogens is 1. The number of benzene rings is 1. The van der Waals surface area contributed by atoms with Gasteiger partial charge in [0.15, 0.2) is 0 Å². The molecule has 4 nitrogen and oxygen atoms in total. The fourth-order valence-corrected chi connectivity index (χ4v) is 2.02. The van der Waals surface area contributed by atoms with Gasteiger partial charge in [-0.2, -0.15) is 0 Å². The molecule has 21 heavy (non-hydrogen) atoms. The zero-order valence-electron chi connectivity index (χ0n) is 11.7. The van der Waals surface area contributed by atoms with E-state index in [0.717, 1.165) is 21.4 Å². The first-order valence-corrected chi connectivity index (χ1v) is 7.28. The van der Waals surface area contributed by atoms with E-state index in [-0.39, 0.29) is 5.91 Å².